The lowest BCUT2D eigenvalue weighted by Crippen LogP contribution is -2.24. The highest BCUT2D eigenvalue weighted by molar-refractivity contribution is 9.10. The van der Waals surface area contributed by atoms with Gasteiger partial charge in [0.25, 0.3) is 0 Å². The third-order valence-electron chi connectivity index (χ3n) is 4.66. The van der Waals surface area contributed by atoms with Gasteiger partial charge in [0, 0.05) is 10.7 Å². The summed E-state index contributed by atoms with van der Waals surface area (Å²) < 4.78 is 12.0. The van der Waals surface area contributed by atoms with Crippen LogP contribution in [0.3, 0.4) is 0 Å². The Kier molecular flexibility index (Phi) is 9.07. The van der Waals surface area contributed by atoms with Gasteiger partial charge < -0.3 is 14.8 Å². The fourth-order valence-corrected chi connectivity index (χ4v) is 3.68. The number of aryl methyl sites for hydroxylation is 1. The Bertz CT molecular complexity index is 1200. The quantitative estimate of drug-likeness (QED) is 0.212. The van der Waals surface area contributed by atoms with Crippen molar-refractivity contribution in [2.45, 2.75) is 20.0 Å². The van der Waals surface area contributed by atoms with Gasteiger partial charge in [0.15, 0.2) is 11.5 Å². The van der Waals surface area contributed by atoms with E-state index < -0.39 is 11.8 Å². The van der Waals surface area contributed by atoms with E-state index >= 15 is 0 Å². The van der Waals surface area contributed by atoms with Gasteiger partial charge in [0.05, 0.1) is 17.8 Å². The molecule has 34 heavy (non-hydrogen) atoms. The van der Waals surface area contributed by atoms with E-state index in [0.29, 0.717) is 38.9 Å². The standard InChI is InChI=1S/C25H23BrClN3O4/c1-16-8-9-19(12-21(16)27)29-23(31)13-24(32)30-28-14-18-10-20(26)25(22(11-18)33-2)34-15-17-6-4-3-5-7-17/h3-12,14H,13,15H2,1-2H3,(H,29,31)(H,30,32). The molecule has 0 saturated heterocycles. The first-order valence-corrected chi connectivity index (χ1v) is 11.4. The van der Waals surface area contributed by atoms with Crippen LogP contribution in [0.15, 0.2) is 70.2 Å². The number of hydrogen-bond donors (Lipinski definition) is 2. The van der Waals surface area contributed by atoms with Crippen molar-refractivity contribution in [3.63, 3.8) is 0 Å². The molecular formula is C25H23BrClN3O4. The van der Waals surface area contributed by atoms with Gasteiger partial charge >= 0.3 is 0 Å². The summed E-state index contributed by atoms with van der Waals surface area (Å²) in [5, 5.41) is 7.09. The Morgan fingerprint density at radius 3 is 2.56 bits per heavy atom. The molecule has 3 aromatic rings. The number of ether oxygens (including phenoxy) is 2. The molecule has 0 bridgehead atoms. The summed E-state index contributed by atoms with van der Waals surface area (Å²) in [5.41, 5.74) is 5.44. The monoisotopic (exact) mass is 543 g/mol. The average molecular weight is 545 g/mol. The third-order valence-corrected chi connectivity index (χ3v) is 5.65. The zero-order valence-corrected chi connectivity index (χ0v) is 20.9. The van der Waals surface area contributed by atoms with Gasteiger partial charge in [-0.15, -0.1) is 0 Å². The van der Waals surface area contributed by atoms with Crippen molar-refractivity contribution in [1.82, 2.24) is 5.43 Å². The Labute approximate surface area is 211 Å². The molecule has 2 amide bonds. The molecular weight excluding hydrogens is 522 g/mol. The van der Waals surface area contributed by atoms with Crippen LogP contribution in [0.1, 0.15) is 23.1 Å². The van der Waals surface area contributed by atoms with Crippen LogP contribution in [0.2, 0.25) is 5.02 Å². The molecule has 0 aliphatic carbocycles. The minimum absolute atomic E-state index is 0.385. The summed E-state index contributed by atoms with van der Waals surface area (Å²) in [6, 6.07) is 18.4. The van der Waals surface area contributed by atoms with Crippen molar-refractivity contribution >= 4 is 51.2 Å². The first kappa shape index (κ1) is 25.3. The predicted molar refractivity (Wildman–Crippen MR) is 137 cm³/mol. The molecule has 0 radical (unpaired) electrons. The normalized spacial score (nSPS) is 10.7. The second-order valence-corrected chi connectivity index (χ2v) is 8.55. The lowest BCUT2D eigenvalue weighted by Gasteiger charge is -2.13. The van der Waals surface area contributed by atoms with Gasteiger partial charge in [0.2, 0.25) is 11.8 Å². The van der Waals surface area contributed by atoms with Crippen molar-refractivity contribution in [1.29, 1.82) is 0 Å². The molecule has 0 atom stereocenters. The zero-order chi connectivity index (χ0) is 24.5. The largest absolute Gasteiger partial charge is 0.493 e. The molecule has 9 heteroatoms. The molecule has 0 unspecified atom stereocenters. The van der Waals surface area contributed by atoms with Gasteiger partial charge in [0.1, 0.15) is 13.0 Å². The van der Waals surface area contributed by atoms with Crippen LogP contribution in [0.4, 0.5) is 5.69 Å². The Morgan fingerprint density at radius 2 is 1.85 bits per heavy atom. The smallest absolute Gasteiger partial charge is 0.249 e. The number of carbonyl (C=O) groups excluding carboxylic acids is 2. The summed E-state index contributed by atoms with van der Waals surface area (Å²) in [4.78, 5) is 24.1. The highest BCUT2D eigenvalue weighted by Gasteiger charge is 2.12. The lowest BCUT2D eigenvalue weighted by molar-refractivity contribution is -0.126. The Balaban J connectivity index is 1.55. The second-order valence-electron chi connectivity index (χ2n) is 7.29. The van der Waals surface area contributed by atoms with Crippen LogP contribution in [-0.2, 0) is 16.2 Å². The summed E-state index contributed by atoms with van der Waals surface area (Å²) in [6.45, 7) is 2.25. The van der Waals surface area contributed by atoms with Crippen LogP contribution in [0.25, 0.3) is 0 Å². The highest BCUT2D eigenvalue weighted by atomic mass is 79.9. The minimum atomic E-state index is -0.555. The molecule has 0 aliphatic heterocycles. The van der Waals surface area contributed by atoms with Gasteiger partial charge in [-0.1, -0.05) is 48.0 Å². The number of benzene rings is 3. The van der Waals surface area contributed by atoms with Gasteiger partial charge in [-0.2, -0.15) is 5.10 Å². The van der Waals surface area contributed by atoms with E-state index in [9.17, 15) is 9.59 Å². The van der Waals surface area contributed by atoms with Crippen LogP contribution in [-0.4, -0.2) is 25.1 Å². The molecule has 3 rings (SSSR count). The Morgan fingerprint density at radius 1 is 1.09 bits per heavy atom. The molecule has 0 aliphatic rings. The maximum atomic E-state index is 12.1. The number of hydrogen-bond acceptors (Lipinski definition) is 5. The number of nitrogens with zero attached hydrogens (tertiary/aromatic N) is 1. The fourth-order valence-electron chi connectivity index (χ4n) is 2.92. The summed E-state index contributed by atoms with van der Waals surface area (Å²) in [6.07, 6.45) is 1.06. The molecule has 3 aromatic carbocycles. The molecule has 0 aromatic heterocycles. The molecule has 0 heterocycles. The van der Waals surface area contributed by atoms with E-state index in [-0.39, 0.29) is 6.42 Å². The molecule has 0 saturated carbocycles. The molecule has 0 fully saturated rings. The minimum Gasteiger partial charge on any atom is -0.493 e. The van der Waals surface area contributed by atoms with E-state index in [4.69, 9.17) is 21.1 Å². The van der Waals surface area contributed by atoms with Crippen LogP contribution in [0.5, 0.6) is 11.5 Å². The third kappa shape index (κ3) is 7.33. The summed E-state index contributed by atoms with van der Waals surface area (Å²) in [5.74, 6) is 0.0346. The Hall–Kier alpha value is -3.36. The summed E-state index contributed by atoms with van der Waals surface area (Å²) in [7, 11) is 1.54. The highest BCUT2D eigenvalue weighted by Crippen LogP contribution is 2.36. The number of amides is 2. The van der Waals surface area contributed by atoms with Gasteiger partial charge in [-0.25, -0.2) is 5.43 Å². The summed E-state index contributed by atoms with van der Waals surface area (Å²) >= 11 is 9.54. The molecule has 2 N–H and O–H groups in total. The van der Waals surface area contributed by atoms with Crippen molar-refractivity contribution in [3.8, 4) is 11.5 Å². The maximum Gasteiger partial charge on any atom is 0.249 e. The first-order valence-electron chi connectivity index (χ1n) is 10.3. The van der Waals surface area contributed by atoms with Gasteiger partial charge in [-0.3, -0.25) is 9.59 Å². The number of methoxy groups -OCH3 is 1. The lowest BCUT2D eigenvalue weighted by atomic mass is 10.2. The maximum absolute atomic E-state index is 12.1. The van der Waals surface area contributed by atoms with E-state index in [0.717, 1.165) is 11.1 Å². The number of carbonyl (C=O) groups is 2. The number of halogens is 2. The van der Waals surface area contributed by atoms with Crippen molar-refractivity contribution in [3.05, 3.63) is 86.8 Å². The van der Waals surface area contributed by atoms with E-state index in [1.54, 1.807) is 37.4 Å². The number of rotatable bonds is 9. The van der Waals surface area contributed by atoms with Crippen LogP contribution in [0, 0.1) is 6.92 Å². The number of anilines is 1. The number of nitrogens with one attached hydrogen (secondary N) is 2. The van der Waals surface area contributed by atoms with Crippen LogP contribution >= 0.6 is 27.5 Å². The van der Waals surface area contributed by atoms with Crippen LogP contribution < -0.4 is 20.2 Å². The average Bonchev–Trinajstić information content (AvgIpc) is 2.81. The topological polar surface area (TPSA) is 89.0 Å². The van der Waals surface area contributed by atoms with Crippen molar-refractivity contribution < 1.29 is 19.1 Å². The van der Waals surface area contributed by atoms with Gasteiger partial charge in [-0.05, 0) is 63.8 Å². The molecule has 7 nitrogen and oxygen atoms in total. The first-order chi connectivity index (χ1) is 16.4. The van der Waals surface area contributed by atoms with E-state index in [2.05, 4.69) is 31.8 Å². The fraction of sp³-hybridized carbons (Fsp3) is 0.160. The predicted octanol–water partition coefficient (Wildman–Crippen LogP) is 5.48. The zero-order valence-electron chi connectivity index (χ0n) is 18.6. The van der Waals surface area contributed by atoms with Crippen molar-refractivity contribution in [2.24, 2.45) is 5.10 Å². The van der Waals surface area contributed by atoms with Crippen molar-refractivity contribution in [2.75, 3.05) is 12.4 Å². The van der Waals surface area contributed by atoms with E-state index in [1.807, 2.05) is 37.3 Å². The van der Waals surface area contributed by atoms with E-state index in [1.165, 1.54) is 6.21 Å². The SMILES string of the molecule is COc1cc(C=NNC(=O)CC(=O)Nc2ccc(C)c(Cl)c2)cc(Br)c1OCc1ccccc1. The number of hydrazone groups is 1. The molecule has 176 valence electrons. The molecule has 0 spiro atoms. The second kappa shape index (κ2) is 12.2.